The van der Waals surface area contributed by atoms with Gasteiger partial charge >= 0.3 is 0 Å². The molecule has 0 aliphatic heterocycles. The molecule has 2 atom stereocenters. The Balaban J connectivity index is 1.93. The third kappa shape index (κ3) is 5.08. The summed E-state index contributed by atoms with van der Waals surface area (Å²) in [7, 11) is 1.71. The van der Waals surface area contributed by atoms with Crippen molar-refractivity contribution < 1.29 is 9.53 Å². The van der Waals surface area contributed by atoms with Crippen LogP contribution in [-0.2, 0) is 16.1 Å². The van der Waals surface area contributed by atoms with Crippen LogP contribution in [-0.4, -0.2) is 45.4 Å². The Bertz CT molecular complexity index is 1020. The van der Waals surface area contributed by atoms with Crippen molar-refractivity contribution in [3.63, 3.8) is 0 Å². The van der Waals surface area contributed by atoms with Gasteiger partial charge in [0.15, 0.2) is 11.5 Å². The van der Waals surface area contributed by atoms with Crippen LogP contribution in [0.1, 0.15) is 43.8 Å². The minimum Gasteiger partial charge on any atom is -0.371 e. The molecule has 158 valence electrons. The molecule has 0 fully saturated rings. The number of ether oxygens (including phenoxy) is 1. The maximum Gasteiger partial charge on any atom is 0.240 e. The van der Waals surface area contributed by atoms with E-state index in [2.05, 4.69) is 20.5 Å². The number of hydrogen-bond acceptors (Lipinski definition) is 6. The number of hydrogen-bond donors (Lipinski definition) is 2. The highest BCUT2D eigenvalue weighted by molar-refractivity contribution is 5.85. The highest BCUT2D eigenvalue weighted by atomic mass is 16.5. The van der Waals surface area contributed by atoms with Gasteiger partial charge in [-0.25, -0.2) is 0 Å². The van der Waals surface area contributed by atoms with E-state index in [0.717, 1.165) is 11.1 Å². The van der Waals surface area contributed by atoms with Crippen LogP contribution in [0.3, 0.4) is 0 Å². The van der Waals surface area contributed by atoms with Crippen LogP contribution in [0.4, 0.5) is 0 Å². The molecular formula is C22H28N6O2. The molecule has 2 heterocycles. The third-order valence-electron chi connectivity index (χ3n) is 4.70. The zero-order valence-corrected chi connectivity index (χ0v) is 17.7. The molecule has 0 radical (unpaired) electrons. The van der Waals surface area contributed by atoms with Crippen molar-refractivity contribution >= 4 is 17.8 Å². The molecule has 0 saturated heterocycles. The molecule has 3 aromatic rings. The molecule has 3 rings (SSSR count). The molecule has 1 amide bonds. The predicted molar refractivity (Wildman–Crippen MR) is 116 cm³/mol. The summed E-state index contributed by atoms with van der Waals surface area (Å²) in [5.74, 6) is 0.264. The largest absolute Gasteiger partial charge is 0.371 e. The van der Waals surface area contributed by atoms with Crippen molar-refractivity contribution in [1.82, 2.24) is 19.9 Å². The van der Waals surface area contributed by atoms with Crippen LogP contribution in [0.15, 0.2) is 53.7 Å². The highest BCUT2D eigenvalue weighted by Gasteiger charge is 2.31. The first-order valence-corrected chi connectivity index (χ1v) is 9.82. The molecule has 0 unspecified atom stereocenters. The first-order valence-electron chi connectivity index (χ1n) is 9.82. The maximum atomic E-state index is 12.7. The molecule has 0 aliphatic carbocycles. The lowest BCUT2D eigenvalue weighted by Crippen LogP contribution is -2.52. The summed E-state index contributed by atoms with van der Waals surface area (Å²) in [6, 6.07) is 13.1. The van der Waals surface area contributed by atoms with Crippen molar-refractivity contribution in [2.45, 2.75) is 45.1 Å². The van der Waals surface area contributed by atoms with Crippen molar-refractivity contribution in [3.05, 3.63) is 65.6 Å². The first kappa shape index (κ1) is 21.6. The number of nitrogens with zero attached hydrogens (tertiary/aromatic N) is 4. The lowest BCUT2D eigenvalue weighted by Gasteiger charge is -2.27. The Morgan fingerprint density at radius 1 is 1.27 bits per heavy atom. The molecule has 30 heavy (non-hydrogen) atoms. The Hall–Kier alpha value is -3.10. The second kappa shape index (κ2) is 9.15. The Morgan fingerprint density at radius 2 is 2.00 bits per heavy atom. The molecule has 0 spiro atoms. The lowest BCUT2D eigenvalue weighted by atomic mass is 10.0. The van der Waals surface area contributed by atoms with Gasteiger partial charge in [0.1, 0.15) is 6.04 Å². The van der Waals surface area contributed by atoms with Crippen LogP contribution in [0, 0.1) is 0 Å². The van der Waals surface area contributed by atoms with Crippen molar-refractivity contribution in [3.8, 4) is 0 Å². The second-order valence-electron chi connectivity index (χ2n) is 7.81. The fourth-order valence-corrected chi connectivity index (χ4v) is 2.98. The number of nitrogens with two attached hydrogens (primary N) is 1. The number of aromatic nitrogens is 3. The zero-order chi connectivity index (χ0) is 21.7. The summed E-state index contributed by atoms with van der Waals surface area (Å²) >= 11 is 0. The van der Waals surface area contributed by atoms with Crippen molar-refractivity contribution in [2.24, 2.45) is 10.7 Å². The first-order chi connectivity index (χ1) is 14.3. The van der Waals surface area contributed by atoms with E-state index in [1.54, 1.807) is 27.1 Å². The van der Waals surface area contributed by atoms with Gasteiger partial charge in [-0.1, -0.05) is 30.3 Å². The number of pyridine rings is 1. The van der Waals surface area contributed by atoms with E-state index in [4.69, 9.17) is 10.5 Å². The topological polar surface area (TPSA) is 107 Å². The van der Waals surface area contributed by atoms with Gasteiger partial charge in [0, 0.05) is 25.0 Å². The number of carbonyl (C=O) groups excluding carboxylic acids is 1. The second-order valence-corrected chi connectivity index (χ2v) is 7.81. The number of fused-ring (bicyclic) bond motifs is 1. The fourth-order valence-electron chi connectivity index (χ4n) is 2.98. The van der Waals surface area contributed by atoms with Gasteiger partial charge in [0.25, 0.3) is 0 Å². The Kier molecular flexibility index (Phi) is 6.59. The van der Waals surface area contributed by atoms with Crippen LogP contribution < -0.4 is 11.1 Å². The smallest absolute Gasteiger partial charge is 0.240 e. The molecular weight excluding hydrogens is 380 g/mol. The molecule has 0 aliphatic rings. The van der Waals surface area contributed by atoms with E-state index in [-0.39, 0.29) is 12.0 Å². The average molecular weight is 409 g/mol. The molecule has 1 aromatic carbocycles. The van der Waals surface area contributed by atoms with Gasteiger partial charge in [0.05, 0.1) is 18.2 Å². The quantitative estimate of drug-likeness (QED) is 0.556. The Labute approximate surface area is 176 Å². The van der Waals surface area contributed by atoms with Crippen molar-refractivity contribution in [2.75, 3.05) is 7.05 Å². The summed E-state index contributed by atoms with van der Waals surface area (Å²) < 4.78 is 7.93. The zero-order valence-electron chi connectivity index (χ0n) is 17.7. The van der Waals surface area contributed by atoms with E-state index in [0.29, 0.717) is 18.1 Å². The normalized spacial score (nSPS) is 14.2. The van der Waals surface area contributed by atoms with E-state index < -0.39 is 11.6 Å². The van der Waals surface area contributed by atoms with Crippen LogP contribution in [0.2, 0.25) is 0 Å². The number of aliphatic imine (C=N–C) groups is 1. The summed E-state index contributed by atoms with van der Waals surface area (Å²) in [5.41, 5.74) is 7.57. The van der Waals surface area contributed by atoms with Gasteiger partial charge in [-0.2, -0.15) is 0 Å². The minimum absolute atomic E-state index is 0.300. The number of nitrogens with one attached hydrogen (secondary N) is 1. The summed E-state index contributed by atoms with van der Waals surface area (Å²) in [6.45, 7) is 5.62. The van der Waals surface area contributed by atoms with Crippen molar-refractivity contribution in [1.29, 1.82) is 0 Å². The third-order valence-corrected chi connectivity index (χ3v) is 4.70. The molecule has 0 bridgehead atoms. The summed E-state index contributed by atoms with van der Waals surface area (Å²) in [5, 5.41) is 11.6. The number of rotatable bonds is 8. The van der Waals surface area contributed by atoms with Gasteiger partial charge < -0.3 is 15.8 Å². The van der Waals surface area contributed by atoms with E-state index in [1.807, 2.05) is 60.0 Å². The molecule has 0 saturated carbocycles. The molecule has 8 nitrogen and oxygen atoms in total. The number of benzene rings is 1. The summed E-state index contributed by atoms with van der Waals surface area (Å²) in [4.78, 5) is 16.7. The van der Waals surface area contributed by atoms with Crippen LogP contribution >= 0.6 is 0 Å². The Morgan fingerprint density at radius 3 is 2.67 bits per heavy atom. The van der Waals surface area contributed by atoms with E-state index in [1.165, 1.54) is 0 Å². The van der Waals surface area contributed by atoms with Crippen LogP contribution in [0.25, 0.3) is 5.65 Å². The van der Waals surface area contributed by atoms with Gasteiger partial charge in [0.2, 0.25) is 5.91 Å². The van der Waals surface area contributed by atoms with Gasteiger partial charge in [-0.05, 0) is 38.5 Å². The van der Waals surface area contributed by atoms with Crippen LogP contribution in [0.5, 0.6) is 0 Å². The van der Waals surface area contributed by atoms with E-state index >= 15 is 0 Å². The predicted octanol–water partition coefficient (Wildman–Crippen LogP) is 2.28. The standard InChI is InChI=1S/C22H28N6O2/c1-15(30-14-16-8-6-5-7-9-16)19(25-21(29)22(2,3)23)20-27-26-18-11-10-17(12-24-4)13-28(18)20/h5-13,15,19H,14,23H2,1-4H3,(H,25,29)/t15-,19-/m1/s1. The summed E-state index contributed by atoms with van der Waals surface area (Å²) in [6.07, 6.45) is 3.25. The monoisotopic (exact) mass is 408 g/mol. The van der Waals surface area contributed by atoms with Gasteiger partial charge in [-0.3, -0.25) is 14.2 Å². The fraction of sp³-hybridized carbons (Fsp3) is 0.364. The van der Waals surface area contributed by atoms with Gasteiger partial charge in [-0.15, -0.1) is 10.2 Å². The highest BCUT2D eigenvalue weighted by Crippen LogP contribution is 2.21. The SMILES string of the molecule is CN=Cc1ccc2nnc([C@H](NC(=O)C(C)(C)N)[C@@H](C)OCc3ccccc3)n2c1. The number of carbonyl (C=O) groups is 1. The van der Waals surface area contributed by atoms with E-state index in [9.17, 15) is 4.79 Å². The molecule has 2 aromatic heterocycles. The average Bonchev–Trinajstić information content (AvgIpc) is 3.13. The minimum atomic E-state index is -1.04. The maximum absolute atomic E-state index is 12.7. The molecule has 3 N–H and O–H groups in total. The lowest BCUT2D eigenvalue weighted by molar-refractivity contribution is -0.127. The molecule has 8 heteroatoms. The number of amides is 1.